The Hall–Kier alpha value is -1.46. The summed E-state index contributed by atoms with van der Waals surface area (Å²) < 4.78 is 5.31. The summed E-state index contributed by atoms with van der Waals surface area (Å²) in [6.07, 6.45) is 3.38. The maximum Gasteiger partial charge on any atom is 0.410 e. The maximum absolute atomic E-state index is 11.8. The molecule has 2 aliphatic heterocycles. The summed E-state index contributed by atoms with van der Waals surface area (Å²) in [5.41, 5.74) is 5.58. The maximum atomic E-state index is 11.8. The van der Waals surface area contributed by atoms with Crippen molar-refractivity contribution in [3.8, 4) is 0 Å². The first kappa shape index (κ1) is 14.9. The van der Waals surface area contributed by atoms with E-state index in [2.05, 4.69) is 9.89 Å². The smallest absolute Gasteiger partial charge is 0.410 e. The highest BCUT2D eigenvalue weighted by molar-refractivity contribution is 5.78. The Morgan fingerprint density at radius 1 is 1.15 bits per heavy atom. The molecule has 0 radical (unpaired) electrons. The van der Waals surface area contributed by atoms with Gasteiger partial charge >= 0.3 is 6.09 Å². The van der Waals surface area contributed by atoms with Crippen molar-refractivity contribution in [3.63, 3.8) is 0 Å². The van der Waals surface area contributed by atoms with E-state index >= 15 is 0 Å². The van der Waals surface area contributed by atoms with Gasteiger partial charge in [0.2, 0.25) is 0 Å². The first-order chi connectivity index (χ1) is 9.35. The molecule has 1 amide bonds. The van der Waals surface area contributed by atoms with Crippen LogP contribution in [0.1, 0.15) is 40.0 Å². The van der Waals surface area contributed by atoms with Crippen molar-refractivity contribution in [1.29, 1.82) is 0 Å². The summed E-state index contributed by atoms with van der Waals surface area (Å²) in [4.78, 5) is 20.1. The average molecular weight is 282 g/mol. The number of guanidine groups is 1. The molecule has 0 unspecified atom stereocenters. The Morgan fingerprint density at radius 2 is 1.75 bits per heavy atom. The first-order valence-electron chi connectivity index (χ1n) is 7.41. The zero-order valence-corrected chi connectivity index (χ0v) is 12.8. The third kappa shape index (κ3) is 4.02. The van der Waals surface area contributed by atoms with Crippen LogP contribution in [-0.2, 0) is 4.74 Å². The van der Waals surface area contributed by atoms with Gasteiger partial charge in [-0.05, 0) is 40.0 Å². The minimum Gasteiger partial charge on any atom is -0.444 e. The molecule has 0 saturated carbocycles. The molecule has 2 aliphatic rings. The van der Waals surface area contributed by atoms with Gasteiger partial charge in [0.1, 0.15) is 5.60 Å². The third-order valence-corrected chi connectivity index (χ3v) is 3.51. The topological polar surface area (TPSA) is 71.2 Å². The number of ether oxygens (including phenoxy) is 1. The van der Waals surface area contributed by atoms with Crippen LogP contribution in [-0.4, -0.2) is 59.7 Å². The summed E-state index contributed by atoms with van der Waals surface area (Å²) in [6, 6.07) is 0.115. The molecule has 6 nitrogen and oxygen atoms in total. The van der Waals surface area contributed by atoms with Crippen molar-refractivity contribution in [2.45, 2.75) is 51.7 Å². The largest absolute Gasteiger partial charge is 0.444 e. The summed E-state index contributed by atoms with van der Waals surface area (Å²) >= 11 is 0. The second-order valence-electron chi connectivity index (χ2n) is 6.57. The zero-order valence-electron chi connectivity index (χ0n) is 12.8. The van der Waals surface area contributed by atoms with Gasteiger partial charge in [-0.25, -0.2) is 9.79 Å². The highest BCUT2D eigenvalue weighted by atomic mass is 16.6. The van der Waals surface area contributed by atoms with Crippen LogP contribution in [0.25, 0.3) is 0 Å². The van der Waals surface area contributed by atoms with Gasteiger partial charge in [0.05, 0.1) is 6.04 Å². The minimum absolute atomic E-state index is 0.115. The van der Waals surface area contributed by atoms with E-state index in [9.17, 15) is 4.79 Å². The van der Waals surface area contributed by atoms with Crippen molar-refractivity contribution in [1.82, 2.24) is 9.80 Å². The third-order valence-electron chi connectivity index (χ3n) is 3.51. The van der Waals surface area contributed by atoms with Gasteiger partial charge in [0.25, 0.3) is 0 Å². The fourth-order valence-corrected chi connectivity index (χ4v) is 2.40. The van der Waals surface area contributed by atoms with Gasteiger partial charge in [-0.1, -0.05) is 0 Å². The van der Waals surface area contributed by atoms with E-state index < -0.39 is 5.60 Å². The van der Waals surface area contributed by atoms with E-state index in [1.807, 2.05) is 20.8 Å². The summed E-state index contributed by atoms with van der Waals surface area (Å²) in [5.74, 6) is 0.624. The second-order valence-corrected chi connectivity index (χ2v) is 6.57. The Labute approximate surface area is 121 Å². The molecule has 0 atom stereocenters. The van der Waals surface area contributed by atoms with Crippen LogP contribution in [0.4, 0.5) is 4.79 Å². The van der Waals surface area contributed by atoms with Crippen LogP contribution >= 0.6 is 0 Å². The minimum atomic E-state index is -0.446. The van der Waals surface area contributed by atoms with Crippen LogP contribution < -0.4 is 5.73 Å². The first-order valence-corrected chi connectivity index (χ1v) is 7.41. The molecule has 2 heterocycles. The predicted octanol–water partition coefficient (Wildman–Crippen LogP) is 1.41. The van der Waals surface area contributed by atoms with Gasteiger partial charge < -0.3 is 20.3 Å². The number of carbonyl (C=O) groups is 1. The number of nitrogens with zero attached hydrogens (tertiary/aromatic N) is 3. The molecule has 2 fully saturated rings. The SMILES string of the molecule is CC(C)(C)OC(=O)N1CC(N=C(N)N2CCCCC2)C1. The number of hydrogen-bond donors (Lipinski definition) is 1. The summed E-state index contributed by atoms with van der Waals surface area (Å²) in [6.45, 7) is 8.81. The number of hydrogen-bond acceptors (Lipinski definition) is 3. The van der Waals surface area contributed by atoms with Crippen molar-refractivity contribution >= 4 is 12.1 Å². The Morgan fingerprint density at radius 3 is 2.30 bits per heavy atom. The average Bonchev–Trinajstić information content (AvgIpc) is 2.31. The van der Waals surface area contributed by atoms with Gasteiger partial charge in [-0.15, -0.1) is 0 Å². The molecule has 2 saturated heterocycles. The molecule has 0 aromatic heterocycles. The number of nitrogens with two attached hydrogens (primary N) is 1. The van der Waals surface area contributed by atoms with Crippen molar-refractivity contribution < 1.29 is 9.53 Å². The molecule has 0 aliphatic carbocycles. The molecule has 2 N–H and O–H groups in total. The number of piperidine rings is 1. The van der Waals surface area contributed by atoms with E-state index in [4.69, 9.17) is 10.5 Å². The van der Waals surface area contributed by atoms with Crippen LogP contribution in [0.3, 0.4) is 0 Å². The summed E-state index contributed by atoms with van der Waals surface area (Å²) in [7, 11) is 0. The molecular weight excluding hydrogens is 256 g/mol. The lowest BCUT2D eigenvalue weighted by atomic mass is 10.1. The molecule has 0 spiro atoms. The lowest BCUT2D eigenvalue weighted by molar-refractivity contribution is 0.00893. The Balaban J connectivity index is 1.76. The normalized spacial score (nSPS) is 21.6. The van der Waals surface area contributed by atoms with Gasteiger partial charge in [0, 0.05) is 26.2 Å². The second kappa shape index (κ2) is 5.89. The molecule has 0 aromatic carbocycles. The quantitative estimate of drug-likeness (QED) is 0.583. The highest BCUT2D eigenvalue weighted by Crippen LogP contribution is 2.17. The van der Waals surface area contributed by atoms with Crippen LogP contribution in [0, 0.1) is 0 Å². The molecule has 20 heavy (non-hydrogen) atoms. The standard InChI is InChI=1S/C14H26N4O2/c1-14(2,3)20-13(19)18-9-11(10-18)16-12(15)17-7-5-4-6-8-17/h11H,4-10H2,1-3H3,(H2,15,16). The van der Waals surface area contributed by atoms with Crippen molar-refractivity contribution in [3.05, 3.63) is 0 Å². The van der Waals surface area contributed by atoms with Crippen LogP contribution in [0.15, 0.2) is 4.99 Å². The van der Waals surface area contributed by atoms with Crippen LogP contribution in [0.5, 0.6) is 0 Å². The van der Waals surface area contributed by atoms with E-state index in [1.165, 1.54) is 19.3 Å². The zero-order chi connectivity index (χ0) is 14.8. The molecular formula is C14H26N4O2. The molecule has 114 valence electrons. The van der Waals surface area contributed by atoms with Crippen molar-refractivity contribution in [2.75, 3.05) is 26.2 Å². The molecule has 0 bridgehead atoms. The Bertz CT molecular complexity index is 377. The number of aliphatic imine (C=N–C) groups is 1. The monoisotopic (exact) mass is 282 g/mol. The highest BCUT2D eigenvalue weighted by Gasteiger charge is 2.34. The molecule has 2 rings (SSSR count). The van der Waals surface area contributed by atoms with Crippen molar-refractivity contribution in [2.24, 2.45) is 10.7 Å². The van der Waals surface area contributed by atoms with E-state index in [-0.39, 0.29) is 12.1 Å². The lowest BCUT2D eigenvalue weighted by Crippen LogP contribution is -2.55. The van der Waals surface area contributed by atoms with Gasteiger partial charge in [-0.2, -0.15) is 0 Å². The molecule has 0 aromatic rings. The summed E-state index contributed by atoms with van der Waals surface area (Å²) in [5, 5.41) is 0. The molecule has 6 heteroatoms. The number of carbonyl (C=O) groups excluding carboxylic acids is 1. The predicted molar refractivity (Wildman–Crippen MR) is 78.6 cm³/mol. The number of amides is 1. The fourth-order valence-electron chi connectivity index (χ4n) is 2.40. The van der Waals surface area contributed by atoms with E-state index in [1.54, 1.807) is 4.90 Å². The van der Waals surface area contributed by atoms with Gasteiger partial charge in [-0.3, -0.25) is 0 Å². The van der Waals surface area contributed by atoms with E-state index in [0.29, 0.717) is 19.0 Å². The van der Waals surface area contributed by atoms with E-state index in [0.717, 1.165) is 13.1 Å². The number of rotatable bonds is 1. The van der Waals surface area contributed by atoms with Gasteiger partial charge in [0.15, 0.2) is 5.96 Å². The number of likely N-dealkylation sites (tertiary alicyclic amines) is 2. The van der Waals surface area contributed by atoms with Crippen LogP contribution in [0.2, 0.25) is 0 Å². The Kier molecular flexibility index (Phi) is 4.40. The lowest BCUT2D eigenvalue weighted by Gasteiger charge is -2.38. The fraction of sp³-hybridized carbons (Fsp3) is 0.857.